The molecule has 1 amide bonds. The predicted molar refractivity (Wildman–Crippen MR) is 115 cm³/mol. The lowest BCUT2D eigenvalue weighted by molar-refractivity contribution is -0.137. The third-order valence-electron chi connectivity index (χ3n) is 5.07. The summed E-state index contributed by atoms with van der Waals surface area (Å²) in [5.74, 6) is 0.144. The largest absolute Gasteiger partial charge is 0.416 e. The molecule has 0 unspecified atom stereocenters. The third kappa shape index (κ3) is 4.25. The number of carbonyl (C=O) groups is 1. The number of hydrogen-bond acceptors (Lipinski definition) is 3. The van der Waals surface area contributed by atoms with Crippen LogP contribution in [-0.2, 0) is 12.7 Å². The van der Waals surface area contributed by atoms with Crippen LogP contribution in [0.1, 0.15) is 27.3 Å². The molecule has 32 heavy (non-hydrogen) atoms. The van der Waals surface area contributed by atoms with Crippen LogP contribution in [0.2, 0.25) is 0 Å². The van der Waals surface area contributed by atoms with Crippen LogP contribution in [-0.4, -0.2) is 15.5 Å². The number of fused-ring (bicyclic) bond motifs is 1. The fourth-order valence-electron chi connectivity index (χ4n) is 3.41. The van der Waals surface area contributed by atoms with Crippen LogP contribution in [0.3, 0.4) is 0 Å². The molecule has 3 aromatic carbocycles. The lowest BCUT2D eigenvalue weighted by Crippen LogP contribution is -2.24. The Morgan fingerprint density at radius 1 is 0.969 bits per heavy atom. The molecule has 0 saturated carbocycles. The highest BCUT2D eigenvalue weighted by molar-refractivity contribution is 5.94. The quantitative estimate of drug-likeness (QED) is 0.506. The van der Waals surface area contributed by atoms with Crippen molar-refractivity contribution in [2.24, 2.45) is 0 Å². The molecule has 0 atom stereocenters. The average Bonchev–Trinajstić information content (AvgIpc) is 2.77. The van der Waals surface area contributed by atoms with E-state index in [1.165, 1.54) is 16.7 Å². The molecule has 1 aromatic heterocycles. The van der Waals surface area contributed by atoms with Gasteiger partial charge in [-0.2, -0.15) is 13.2 Å². The number of aromatic nitrogens is 2. The van der Waals surface area contributed by atoms with E-state index in [2.05, 4.69) is 10.3 Å². The summed E-state index contributed by atoms with van der Waals surface area (Å²) in [5, 5.41) is 3.18. The van der Waals surface area contributed by atoms with Crippen molar-refractivity contribution in [2.75, 3.05) is 0 Å². The maximum Gasteiger partial charge on any atom is 0.416 e. The minimum atomic E-state index is -4.40. The number of halogens is 3. The number of carbonyl (C=O) groups excluding carboxylic acids is 1. The second-order valence-electron chi connectivity index (χ2n) is 7.24. The Morgan fingerprint density at radius 3 is 2.28 bits per heavy atom. The van der Waals surface area contributed by atoms with E-state index in [0.717, 1.165) is 12.1 Å². The Labute approximate surface area is 181 Å². The lowest BCUT2D eigenvalue weighted by Gasteiger charge is -2.12. The normalized spacial score (nSPS) is 11.5. The maximum atomic E-state index is 12.9. The fraction of sp³-hybridized carbons (Fsp3) is 0.125. The minimum Gasteiger partial charge on any atom is -0.348 e. The van der Waals surface area contributed by atoms with E-state index in [1.807, 2.05) is 6.07 Å². The molecule has 0 fully saturated rings. The fourth-order valence-corrected chi connectivity index (χ4v) is 3.41. The molecule has 8 heteroatoms. The molecule has 162 valence electrons. The van der Waals surface area contributed by atoms with E-state index in [9.17, 15) is 22.8 Å². The average molecular weight is 437 g/mol. The maximum absolute atomic E-state index is 12.9. The highest BCUT2D eigenvalue weighted by Crippen LogP contribution is 2.29. The standard InChI is InChI=1S/C24H18F3N3O2/c1-15-29-21-5-3-2-4-20(21)23(32)30(15)19-12-8-17(9-13-19)22(31)28-14-16-6-10-18(11-7-16)24(25,26)27/h2-13H,14H2,1H3,(H,28,31). The monoisotopic (exact) mass is 437 g/mol. The van der Waals surface area contributed by atoms with Crippen LogP contribution < -0.4 is 10.9 Å². The summed E-state index contributed by atoms with van der Waals surface area (Å²) in [6.45, 7) is 1.82. The molecule has 1 heterocycles. The SMILES string of the molecule is Cc1nc2ccccc2c(=O)n1-c1ccc(C(=O)NCc2ccc(C(F)(F)F)cc2)cc1. The molecule has 4 aromatic rings. The van der Waals surface area contributed by atoms with E-state index >= 15 is 0 Å². The molecule has 0 aliphatic carbocycles. The van der Waals surface area contributed by atoms with Crippen LogP contribution in [0.4, 0.5) is 13.2 Å². The highest BCUT2D eigenvalue weighted by atomic mass is 19.4. The first-order chi connectivity index (χ1) is 15.2. The van der Waals surface area contributed by atoms with Gasteiger partial charge >= 0.3 is 6.18 Å². The summed E-state index contributed by atoms with van der Waals surface area (Å²) in [6.07, 6.45) is -4.40. The zero-order chi connectivity index (χ0) is 22.9. The van der Waals surface area contributed by atoms with E-state index in [1.54, 1.807) is 49.4 Å². The third-order valence-corrected chi connectivity index (χ3v) is 5.07. The number of aryl methyl sites for hydroxylation is 1. The van der Waals surface area contributed by atoms with Gasteiger partial charge in [-0.1, -0.05) is 24.3 Å². The van der Waals surface area contributed by atoms with Gasteiger partial charge in [0.05, 0.1) is 22.2 Å². The number of benzene rings is 3. The first kappa shape index (κ1) is 21.3. The van der Waals surface area contributed by atoms with Gasteiger partial charge in [0.2, 0.25) is 0 Å². The number of alkyl halides is 3. The van der Waals surface area contributed by atoms with Gasteiger partial charge in [-0.15, -0.1) is 0 Å². The summed E-state index contributed by atoms with van der Waals surface area (Å²) >= 11 is 0. The Bertz CT molecular complexity index is 1340. The van der Waals surface area contributed by atoms with Crippen LogP contribution in [0.5, 0.6) is 0 Å². The Kier molecular flexibility index (Phi) is 5.52. The minimum absolute atomic E-state index is 0.0892. The van der Waals surface area contributed by atoms with Crippen LogP contribution in [0, 0.1) is 6.92 Å². The summed E-state index contributed by atoms with van der Waals surface area (Å²) < 4.78 is 39.4. The molecule has 5 nitrogen and oxygen atoms in total. The topological polar surface area (TPSA) is 64.0 Å². The van der Waals surface area contributed by atoms with Crippen LogP contribution in [0.25, 0.3) is 16.6 Å². The Morgan fingerprint density at radius 2 is 1.62 bits per heavy atom. The number of para-hydroxylation sites is 1. The van der Waals surface area contributed by atoms with E-state index in [-0.39, 0.29) is 18.0 Å². The van der Waals surface area contributed by atoms with Crippen molar-refractivity contribution < 1.29 is 18.0 Å². The van der Waals surface area contributed by atoms with Gasteiger partial charge in [-0.3, -0.25) is 14.2 Å². The van der Waals surface area contributed by atoms with Gasteiger partial charge < -0.3 is 5.32 Å². The van der Waals surface area contributed by atoms with E-state index < -0.39 is 11.7 Å². The van der Waals surface area contributed by atoms with Crippen molar-refractivity contribution in [1.82, 2.24) is 14.9 Å². The van der Waals surface area contributed by atoms with Crippen molar-refractivity contribution in [3.05, 3.63) is 106 Å². The summed E-state index contributed by atoms with van der Waals surface area (Å²) in [5.41, 5.74) is 1.16. The van der Waals surface area contributed by atoms with Crippen LogP contribution >= 0.6 is 0 Å². The second kappa shape index (κ2) is 8.30. The van der Waals surface area contributed by atoms with Crippen molar-refractivity contribution in [3.63, 3.8) is 0 Å². The highest BCUT2D eigenvalue weighted by Gasteiger charge is 2.29. The first-order valence-corrected chi connectivity index (χ1v) is 9.77. The number of nitrogens with one attached hydrogen (secondary N) is 1. The second-order valence-corrected chi connectivity index (χ2v) is 7.24. The molecular formula is C24H18F3N3O2. The first-order valence-electron chi connectivity index (χ1n) is 9.77. The molecule has 4 rings (SSSR count). The molecule has 0 aliphatic rings. The number of nitrogens with zero attached hydrogens (tertiary/aromatic N) is 2. The van der Waals surface area contributed by atoms with Crippen molar-refractivity contribution >= 4 is 16.8 Å². The van der Waals surface area contributed by atoms with Gasteiger partial charge in [0.15, 0.2) is 0 Å². The molecule has 0 aliphatic heterocycles. The summed E-state index contributed by atoms with van der Waals surface area (Å²) in [6, 6.07) is 18.2. The zero-order valence-corrected chi connectivity index (χ0v) is 17.0. The molecule has 1 N–H and O–H groups in total. The molecule has 0 radical (unpaired) electrons. The van der Waals surface area contributed by atoms with E-state index in [0.29, 0.717) is 33.5 Å². The van der Waals surface area contributed by atoms with Gasteiger partial charge in [-0.05, 0) is 61.0 Å². The predicted octanol–water partition coefficient (Wildman–Crippen LogP) is 4.64. The summed E-state index contributed by atoms with van der Waals surface area (Å²) in [4.78, 5) is 29.8. The summed E-state index contributed by atoms with van der Waals surface area (Å²) in [7, 11) is 0. The molecule has 0 spiro atoms. The lowest BCUT2D eigenvalue weighted by atomic mass is 10.1. The number of rotatable bonds is 4. The van der Waals surface area contributed by atoms with Gasteiger partial charge in [0.25, 0.3) is 11.5 Å². The van der Waals surface area contributed by atoms with Gasteiger partial charge in [0.1, 0.15) is 5.82 Å². The van der Waals surface area contributed by atoms with Crippen molar-refractivity contribution in [1.29, 1.82) is 0 Å². The van der Waals surface area contributed by atoms with Gasteiger partial charge in [0, 0.05) is 12.1 Å². The van der Waals surface area contributed by atoms with Crippen molar-refractivity contribution in [2.45, 2.75) is 19.6 Å². The zero-order valence-electron chi connectivity index (χ0n) is 17.0. The van der Waals surface area contributed by atoms with Gasteiger partial charge in [-0.25, -0.2) is 4.98 Å². The number of hydrogen-bond donors (Lipinski definition) is 1. The van der Waals surface area contributed by atoms with Crippen LogP contribution in [0.15, 0.2) is 77.6 Å². The Hall–Kier alpha value is -3.94. The van der Waals surface area contributed by atoms with E-state index in [4.69, 9.17) is 0 Å². The molecule has 0 bridgehead atoms. The van der Waals surface area contributed by atoms with Crippen molar-refractivity contribution in [3.8, 4) is 5.69 Å². The number of amides is 1. The molecular weight excluding hydrogens is 419 g/mol. The smallest absolute Gasteiger partial charge is 0.348 e. The molecule has 0 saturated heterocycles. The Balaban J connectivity index is 1.50.